The van der Waals surface area contributed by atoms with Crippen molar-refractivity contribution in [1.29, 1.82) is 0 Å². The second kappa shape index (κ2) is 11.3. The first-order valence-electron chi connectivity index (χ1n) is 10.5. The number of amides is 2. The van der Waals surface area contributed by atoms with E-state index in [2.05, 4.69) is 36.3 Å². The lowest BCUT2D eigenvalue weighted by Gasteiger charge is -2.12. The monoisotopic (exact) mass is 582 g/mol. The molecule has 0 fully saturated rings. The zero-order valence-corrected chi connectivity index (χ0v) is 21.7. The van der Waals surface area contributed by atoms with Crippen LogP contribution >= 0.6 is 27.3 Å². The van der Waals surface area contributed by atoms with Gasteiger partial charge in [0, 0.05) is 27.3 Å². The summed E-state index contributed by atoms with van der Waals surface area (Å²) in [4.78, 5) is 29.8. The molecule has 0 aliphatic rings. The highest BCUT2D eigenvalue weighted by Gasteiger charge is 2.18. The summed E-state index contributed by atoms with van der Waals surface area (Å²) in [5, 5.41) is 7.28. The second-order valence-electron chi connectivity index (χ2n) is 7.35. The van der Waals surface area contributed by atoms with Crippen molar-refractivity contribution in [3.05, 3.63) is 112 Å². The number of nitrogens with one attached hydrogen (secondary N) is 3. The number of hydrogen-bond donors (Lipinski definition) is 3. The van der Waals surface area contributed by atoms with Gasteiger partial charge in [0.2, 0.25) is 0 Å². The molecule has 36 heavy (non-hydrogen) atoms. The molecule has 0 atom stereocenters. The van der Waals surface area contributed by atoms with Gasteiger partial charge in [0.1, 0.15) is 5.70 Å². The average molecular weight is 583 g/mol. The van der Waals surface area contributed by atoms with Crippen LogP contribution in [0.3, 0.4) is 0 Å². The highest BCUT2D eigenvalue weighted by atomic mass is 79.9. The average Bonchev–Trinajstić information content (AvgIpc) is 3.37. The molecule has 0 radical (unpaired) electrons. The first-order chi connectivity index (χ1) is 17.3. The fourth-order valence-electron chi connectivity index (χ4n) is 3.07. The summed E-state index contributed by atoms with van der Waals surface area (Å²) in [5.74, 6) is -1.02. The number of hydrogen-bond acceptors (Lipinski definition) is 6. The summed E-state index contributed by atoms with van der Waals surface area (Å²) in [5.41, 5.74) is 1.46. The number of thiazole rings is 1. The zero-order valence-electron chi connectivity index (χ0n) is 18.5. The lowest BCUT2D eigenvalue weighted by molar-refractivity contribution is -0.113. The quantitative estimate of drug-likeness (QED) is 0.249. The van der Waals surface area contributed by atoms with E-state index in [9.17, 15) is 18.0 Å². The molecule has 11 heteroatoms. The second-order valence-corrected chi connectivity index (χ2v) is 10.8. The number of carbonyl (C=O) groups is 2. The Morgan fingerprint density at radius 1 is 0.944 bits per heavy atom. The molecule has 0 saturated heterocycles. The number of benzene rings is 3. The van der Waals surface area contributed by atoms with Crippen LogP contribution in [-0.2, 0) is 14.8 Å². The van der Waals surface area contributed by atoms with Crippen molar-refractivity contribution in [2.45, 2.75) is 4.90 Å². The van der Waals surface area contributed by atoms with E-state index in [1.807, 2.05) is 12.1 Å². The Balaban J connectivity index is 1.54. The summed E-state index contributed by atoms with van der Waals surface area (Å²) < 4.78 is 28.3. The van der Waals surface area contributed by atoms with Gasteiger partial charge in [-0.05, 0) is 60.2 Å². The van der Waals surface area contributed by atoms with E-state index >= 15 is 0 Å². The summed E-state index contributed by atoms with van der Waals surface area (Å²) >= 11 is 4.56. The Hall–Kier alpha value is -3.80. The molecular weight excluding hydrogens is 564 g/mol. The van der Waals surface area contributed by atoms with E-state index < -0.39 is 21.8 Å². The van der Waals surface area contributed by atoms with Crippen molar-refractivity contribution in [2.75, 3.05) is 10.0 Å². The minimum atomic E-state index is -3.82. The predicted molar refractivity (Wildman–Crippen MR) is 144 cm³/mol. The largest absolute Gasteiger partial charge is 0.321 e. The standard InChI is InChI=1S/C25H19BrN4O4S2/c26-19-8-4-5-17(15-19)16-22(29-23(31)18-6-2-1-3-7-18)24(32)28-20-9-11-21(12-10-20)36(33,34)30-25-27-13-14-35-25/h1-16H,(H,27,30)(H,28,32)(H,29,31)/b22-16-. The van der Waals surface area contributed by atoms with Gasteiger partial charge in [-0.2, -0.15) is 0 Å². The molecule has 0 aliphatic heterocycles. The SMILES string of the molecule is O=C(Nc1ccc(S(=O)(=O)Nc2nccs2)cc1)/C(=C/c1cccc(Br)c1)NC(=O)c1ccccc1. The van der Waals surface area contributed by atoms with Crippen LogP contribution in [0.4, 0.5) is 10.8 Å². The fraction of sp³-hybridized carbons (Fsp3) is 0. The number of rotatable bonds is 8. The third-order valence-corrected chi connectivity index (χ3v) is 7.43. The Labute approximate surface area is 220 Å². The van der Waals surface area contributed by atoms with Crippen LogP contribution in [0.15, 0.2) is 106 Å². The van der Waals surface area contributed by atoms with Gasteiger partial charge in [0.25, 0.3) is 21.8 Å². The van der Waals surface area contributed by atoms with E-state index in [1.165, 1.54) is 30.5 Å². The maximum atomic E-state index is 13.1. The third kappa shape index (κ3) is 6.66. The van der Waals surface area contributed by atoms with Crippen molar-refractivity contribution >= 4 is 66.0 Å². The molecule has 8 nitrogen and oxygen atoms in total. The minimum Gasteiger partial charge on any atom is -0.321 e. The first kappa shape index (κ1) is 25.3. The fourth-order valence-corrected chi connectivity index (χ4v) is 5.27. The van der Waals surface area contributed by atoms with E-state index in [4.69, 9.17) is 0 Å². The van der Waals surface area contributed by atoms with E-state index in [0.717, 1.165) is 15.8 Å². The molecule has 0 bridgehead atoms. The highest BCUT2D eigenvalue weighted by Crippen LogP contribution is 2.20. The molecule has 182 valence electrons. The van der Waals surface area contributed by atoms with Crippen LogP contribution in [0.1, 0.15) is 15.9 Å². The van der Waals surface area contributed by atoms with Crippen LogP contribution in [0.25, 0.3) is 6.08 Å². The molecule has 4 rings (SSSR count). The summed E-state index contributed by atoms with van der Waals surface area (Å²) in [6, 6.07) is 21.4. The molecule has 3 aromatic carbocycles. The molecule has 0 spiro atoms. The lowest BCUT2D eigenvalue weighted by Crippen LogP contribution is -2.30. The van der Waals surface area contributed by atoms with E-state index in [0.29, 0.717) is 16.8 Å². The van der Waals surface area contributed by atoms with Crippen LogP contribution in [0, 0.1) is 0 Å². The zero-order chi connectivity index (χ0) is 25.5. The van der Waals surface area contributed by atoms with Gasteiger partial charge < -0.3 is 10.6 Å². The molecule has 0 saturated carbocycles. The van der Waals surface area contributed by atoms with Gasteiger partial charge in [-0.25, -0.2) is 13.4 Å². The van der Waals surface area contributed by atoms with E-state index in [1.54, 1.807) is 53.9 Å². The number of nitrogens with zero attached hydrogens (tertiary/aromatic N) is 1. The first-order valence-corrected chi connectivity index (χ1v) is 13.6. The van der Waals surface area contributed by atoms with Crippen LogP contribution in [0.5, 0.6) is 0 Å². The van der Waals surface area contributed by atoms with Gasteiger partial charge in [-0.1, -0.05) is 46.3 Å². The van der Waals surface area contributed by atoms with Gasteiger partial charge in [0.15, 0.2) is 5.13 Å². The Morgan fingerprint density at radius 3 is 2.36 bits per heavy atom. The van der Waals surface area contributed by atoms with Gasteiger partial charge in [-0.15, -0.1) is 11.3 Å². The van der Waals surface area contributed by atoms with Gasteiger partial charge in [-0.3, -0.25) is 14.3 Å². The number of carbonyl (C=O) groups excluding carboxylic acids is 2. The van der Waals surface area contributed by atoms with Crippen molar-refractivity contribution in [1.82, 2.24) is 10.3 Å². The molecule has 0 unspecified atom stereocenters. The number of anilines is 2. The van der Waals surface area contributed by atoms with Gasteiger partial charge in [0.05, 0.1) is 4.90 Å². The smallest absolute Gasteiger partial charge is 0.272 e. The molecular formula is C25H19BrN4O4S2. The van der Waals surface area contributed by atoms with Crippen molar-refractivity contribution in [3.8, 4) is 0 Å². The predicted octanol–water partition coefficient (Wildman–Crippen LogP) is 5.12. The summed E-state index contributed by atoms with van der Waals surface area (Å²) in [6.45, 7) is 0. The number of sulfonamides is 1. The van der Waals surface area contributed by atoms with Crippen molar-refractivity contribution in [2.24, 2.45) is 0 Å². The topological polar surface area (TPSA) is 117 Å². The Morgan fingerprint density at radius 2 is 1.69 bits per heavy atom. The summed E-state index contributed by atoms with van der Waals surface area (Å²) in [6.07, 6.45) is 3.05. The van der Waals surface area contributed by atoms with E-state index in [-0.39, 0.29) is 15.7 Å². The molecule has 1 heterocycles. The maximum Gasteiger partial charge on any atom is 0.272 e. The number of halogens is 1. The molecule has 0 aliphatic carbocycles. The Kier molecular flexibility index (Phi) is 7.93. The maximum absolute atomic E-state index is 13.1. The minimum absolute atomic E-state index is 0.0120. The van der Waals surface area contributed by atoms with Crippen LogP contribution < -0.4 is 15.4 Å². The van der Waals surface area contributed by atoms with Gasteiger partial charge >= 0.3 is 0 Å². The van der Waals surface area contributed by atoms with Crippen LogP contribution in [-0.4, -0.2) is 25.2 Å². The Bertz CT molecular complexity index is 1510. The third-order valence-electron chi connectivity index (χ3n) is 4.76. The molecule has 3 N–H and O–H groups in total. The van der Waals surface area contributed by atoms with Crippen LogP contribution in [0.2, 0.25) is 0 Å². The normalized spacial score (nSPS) is 11.5. The lowest BCUT2D eigenvalue weighted by atomic mass is 10.1. The molecule has 4 aromatic rings. The molecule has 2 amide bonds. The van der Waals surface area contributed by atoms with Crippen molar-refractivity contribution < 1.29 is 18.0 Å². The summed E-state index contributed by atoms with van der Waals surface area (Å²) in [7, 11) is -3.82. The van der Waals surface area contributed by atoms with Crippen molar-refractivity contribution in [3.63, 3.8) is 0 Å². The number of aromatic nitrogens is 1. The molecule has 1 aromatic heterocycles. The highest BCUT2D eigenvalue weighted by molar-refractivity contribution is 9.10.